The molecule has 2 aliphatic rings. The van der Waals surface area contributed by atoms with Gasteiger partial charge in [-0.2, -0.15) is 0 Å². The van der Waals surface area contributed by atoms with Crippen LogP contribution in [0.3, 0.4) is 0 Å². The Bertz CT molecular complexity index is 221. The highest BCUT2D eigenvalue weighted by atomic mass is 15.1. The highest BCUT2D eigenvalue weighted by molar-refractivity contribution is 4.88. The van der Waals surface area contributed by atoms with Crippen molar-refractivity contribution in [1.82, 2.24) is 4.90 Å². The fourth-order valence-corrected chi connectivity index (χ4v) is 3.67. The lowest BCUT2D eigenvalue weighted by Crippen LogP contribution is -2.43. The van der Waals surface area contributed by atoms with Crippen LogP contribution in [-0.4, -0.2) is 30.1 Å². The number of likely N-dealkylation sites (tertiary alicyclic amines) is 1. The van der Waals surface area contributed by atoms with Gasteiger partial charge in [0.05, 0.1) is 0 Å². The molecule has 100 valence electrons. The van der Waals surface area contributed by atoms with Gasteiger partial charge in [0.2, 0.25) is 0 Å². The van der Waals surface area contributed by atoms with Crippen molar-refractivity contribution in [2.45, 2.75) is 70.3 Å². The van der Waals surface area contributed by atoms with E-state index in [0.717, 1.165) is 5.92 Å². The largest absolute Gasteiger partial charge is 0.325 e. The molecule has 1 saturated heterocycles. The lowest BCUT2D eigenvalue weighted by Gasteiger charge is -2.37. The Morgan fingerprint density at radius 3 is 2.65 bits per heavy atom. The van der Waals surface area contributed by atoms with E-state index in [-0.39, 0.29) is 5.54 Å². The van der Waals surface area contributed by atoms with Crippen molar-refractivity contribution in [2.75, 3.05) is 19.6 Å². The van der Waals surface area contributed by atoms with E-state index in [1.807, 2.05) is 0 Å². The molecule has 1 saturated carbocycles. The molecule has 1 aliphatic heterocycles. The van der Waals surface area contributed by atoms with Crippen LogP contribution in [0.15, 0.2) is 0 Å². The van der Waals surface area contributed by atoms with Crippen LogP contribution in [-0.2, 0) is 0 Å². The number of nitrogens with zero attached hydrogens (tertiary/aromatic N) is 1. The van der Waals surface area contributed by atoms with Gasteiger partial charge in [-0.1, -0.05) is 26.2 Å². The smallest absolute Gasteiger partial charge is 0.0154 e. The molecule has 0 bridgehead atoms. The van der Waals surface area contributed by atoms with Crippen LogP contribution in [0.25, 0.3) is 0 Å². The van der Waals surface area contributed by atoms with E-state index in [2.05, 4.69) is 11.8 Å². The predicted molar refractivity (Wildman–Crippen MR) is 74.1 cm³/mol. The SMILES string of the molecule is CCN1CCCC(CCC2(N)CCCCC2)C1. The Morgan fingerprint density at radius 1 is 1.18 bits per heavy atom. The summed E-state index contributed by atoms with van der Waals surface area (Å²) in [6, 6.07) is 0. The molecule has 1 aliphatic carbocycles. The van der Waals surface area contributed by atoms with E-state index in [9.17, 15) is 0 Å². The molecule has 0 radical (unpaired) electrons. The monoisotopic (exact) mass is 238 g/mol. The first-order chi connectivity index (χ1) is 8.22. The molecule has 1 heterocycles. The Balaban J connectivity index is 1.73. The first-order valence-electron chi connectivity index (χ1n) is 7.73. The molecule has 0 aromatic rings. The maximum atomic E-state index is 6.53. The topological polar surface area (TPSA) is 29.3 Å². The van der Waals surface area contributed by atoms with Crippen LogP contribution in [0.2, 0.25) is 0 Å². The van der Waals surface area contributed by atoms with Gasteiger partial charge in [0.25, 0.3) is 0 Å². The number of hydrogen-bond acceptors (Lipinski definition) is 2. The van der Waals surface area contributed by atoms with Crippen molar-refractivity contribution >= 4 is 0 Å². The molecule has 2 nitrogen and oxygen atoms in total. The molecule has 0 spiro atoms. The minimum absolute atomic E-state index is 0.201. The van der Waals surface area contributed by atoms with Gasteiger partial charge >= 0.3 is 0 Å². The molecule has 2 N–H and O–H groups in total. The van der Waals surface area contributed by atoms with Crippen molar-refractivity contribution in [3.8, 4) is 0 Å². The maximum absolute atomic E-state index is 6.53. The van der Waals surface area contributed by atoms with Crippen LogP contribution in [0.4, 0.5) is 0 Å². The van der Waals surface area contributed by atoms with Crippen LogP contribution >= 0.6 is 0 Å². The predicted octanol–water partition coefficient (Wildman–Crippen LogP) is 3.16. The highest BCUT2D eigenvalue weighted by Gasteiger charge is 2.29. The van der Waals surface area contributed by atoms with Gasteiger partial charge in [0.15, 0.2) is 0 Å². The first kappa shape index (κ1) is 13.4. The van der Waals surface area contributed by atoms with Crippen molar-refractivity contribution in [3.63, 3.8) is 0 Å². The Labute approximate surface area is 107 Å². The minimum atomic E-state index is 0.201. The molecule has 2 rings (SSSR count). The van der Waals surface area contributed by atoms with Crippen LogP contribution < -0.4 is 5.73 Å². The van der Waals surface area contributed by atoms with Crippen molar-refractivity contribution in [2.24, 2.45) is 11.7 Å². The minimum Gasteiger partial charge on any atom is -0.325 e. The third kappa shape index (κ3) is 3.96. The highest BCUT2D eigenvalue weighted by Crippen LogP contribution is 2.32. The summed E-state index contributed by atoms with van der Waals surface area (Å²) >= 11 is 0. The zero-order chi connectivity index (χ0) is 12.1. The quantitative estimate of drug-likeness (QED) is 0.815. The molecule has 0 amide bonds. The maximum Gasteiger partial charge on any atom is 0.0154 e. The Kier molecular flexibility index (Phi) is 4.87. The standard InChI is InChI=1S/C15H30N2/c1-2-17-12-6-7-14(13-17)8-11-15(16)9-4-3-5-10-15/h14H,2-13,16H2,1H3. The van der Waals surface area contributed by atoms with Crippen molar-refractivity contribution in [3.05, 3.63) is 0 Å². The van der Waals surface area contributed by atoms with Gasteiger partial charge in [-0.25, -0.2) is 0 Å². The van der Waals surface area contributed by atoms with Gasteiger partial charge in [0, 0.05) is 12.1 Å². The molecular formula is C15H30N2. The lowest BCUT2D eigenvalue weighted by molar-refractivity contribution is 0.160. The second kappa shape index (κ2) is 6.19. The van der Waals surface area contributed by atoms with E-state index in [1.54, 1.807) is 0 Å². The van der Waals surface area contributed by atoms with Gasteiger partial charge in [-0.3, -0.25) is 0 Å². The summed E-state index contributed by atoms with van der Waals surface area (Å²) < 4.78 is 0. The van der Waals surface area contributed by atoms with Crippen LogP contribution in [0.1, 0.15) is 64.7 Å². The van der Waals surface area contributed by atoms with Gasteiger partial charge in [-0.15, -0.1) is 0 Å². The fraction of sp³-hybridized carbons (Fsp3) is 1.00. The zero-order valence-corrected chi connectivity index (χ0v) is 11.6. The summed E-state index contributed by atoms with van der Waals surface area (Å²) in [4.78, 5) is 2.61. The van der Waals surface area contributed by atoms with Crippen molar-refractivity contribution in [1.29, 1.82) is 0 Å². The third-order valence-electron chi connectivity index (χ3n) is 4.95. The number of piperidine rings is 1. The normalized spacial score (nSPS) is 30.4. The van der Waals surface area contributed by atoms with E-state index >= 15 is 0 Å². The summed E-state index contributed by atoms with van der Waals surface area (Å²) in [6.07, 6.45) is 12.2. The van der Waals surface area contributed by atoms with Gasteiger partial charge in [0.1, 0.15) is 0 Å². The van der Waals surface area contributed by atoms with E-state index in [1.165, 1.54) is 77.4 Å². The van der Waals surface area contributed by atoms with Crippen LogP contribution in [0, 0.1) is 5.92 Å². The second-order valence-corrected chi connectivity index (χ2v) is 6.36. The summed E-state index contributed by atoms with van der Waals surface area (Å²) in [6.45, 7) is 6.16. The molecule has 1 atom stereocenters. The lowest BCUT2D eigenvalue weighted by atomic mass is 9.77. The average molecular weight is 238 g/mol. The summed E-state index contributed by atoms with van der Waals surface area (Å²) in [7, 11) is 0. The number of hydrogen-bond donors (Lipinski definition) is 1. The molecule has 0 aromatic heterocycles. The second-order valence-electron chi connectivity index (χ2n) is 6.36. The third-order valence-corrected chi connectivity index (χ3v) is 4.95. The molecule has 2 fully saturated rings. The Hall–Kier alpha value is -0.0800. The molecule has 17 heavy (non-hydrogen) atoms. The van der Waals surface area contributed by atoms with E-state index in [0.29, 0.717) is 0 Å². The summed E-state index contributed by atoms with van der Waals surface area (Å²) in [5.74, 6) is 0.922. The van der Waals surface area contributed by atoms with E-state index in [4.69, 9.17) is 5.73 Å². The summed E-state index contributed by atoms with van der Waals surface area (Å²) in [5.41, 5.74) is 6.73. The molecule has 2 heteroatoms. The Morgan fingerprint density at radius 2 is 1.94 bits per heavy atom. The zero-order valence-electron chi connectivity index (χ0n) is 11.6. The average Bonchev–Trinajstić information content (AvgIpc) is 2.38. The molecular weight excluding hydrogens is 208 g/mol. The van der Waals surface area contributed by atoms with E-state index < -0.39 is 0 Å². The number of nitrogens with two attached hydrogens (primary N) is 1. The molecule has 1 unspecified atom stereocenters. The first-order valence-corrected chi connectivity index (χ1v) is 7.73. The molecule has 0 aromatic carbocycles. The summed E-state index contributed by atoms with van der Waals surface area (Å²) in [5, 5.41) is 0. The van der Waals surface area contributed by atoms with Gasteiger partial charge < -0.3 is 10.6 Å². The van der Waals surface area contributed by atoms with Crippen LogP contribution in [0.5, 0.6) is 0 Å². The fourth-order valence-electron chi connectivity index (χ4n) is 3.67. The van der Waals surface area contributed by atoms with Crippen molar-refractivity contribution < 1.29 is 0 Å². The number of rotatable bonds is 4. The van der Waals surface area contributed by atoms with Gasteiger partial charge in [-0.05, 0) is 57.5 Å².